The van der Waals surface area contributed by atoms with Crippen LogP contribution in [0.25, 0.3) is 0 Å². The molecule has 10 nitrogen and oxygen atoms in total. The van der Waals surface area contributed by atoms with Gasteiger partial charge in [0.2, 0.25) is 0 Å². The molecule has 0 aliphatic heterocycles. The monoisotopic (exact) mass is 457 g/mol. The van der Waals surface area contributed by atoms with Gasteiger partial charge in [0.15, 0.2) is 6.29 Å². The van der Waals surface area contributed by atoms with Crippen LogP contribution in [0.3, 0.4) is 0 Å². The first-order valence-electron chi connectivity index (χ1n) is 3.44. The Morgan fingerprint density at radius 1 is 1.24 bits per heavy atom. The SMILES string of the molecule is N.N.O=C[C@H](O)[C@H](O)[C@H](O)COP(=O)([O-])[O-].[Pt+2]. The van der Waals surface area contributed by atoms with Crippen LogP contribution in [-0.2, 0) is 34.9 Å². The van der Waals surface area contributed by atoms with Crippen LogP contribution >= 0.6 is 7.82 Å². The maximum Gasteiger partial charge on any atom is 2.00 e. The summed E-state index contributed by atoms with van der Waals surface area (Å²) in [5.74, 6) is 0. The van der Waals surface area contributed by atoms with Gasteiger partial charge in [-0.2, -0.15) is 0 Å². The van der Waals surface area contributed by atoms with E-state index in [0.29, 0.717) is 0 Å². The van der Waals surface area contributed by atoms with Crippen LogP contribution < -0.4 is 22.1 Å². The van der Waals surface area contributed by atoms with Crippen LogP contribution in [0.2, 0.25) is 0 Å². The van der Waals surface area contributed by atoms with Gasteiger partial charge >= 0.3 is 21.1 Å². The Morgan fingerprint density at radius 3 is 1.94 bits per heavy atom. The topological polar surface area (TPSA) is 220 Å². The number of aliphatic hydroxyl groups is 3. The fraction of sp³-hybridized carbons (Fsp3) is 0.800. The minimum Gasteiger partial charge on any atom is -0.790 e. The molecule has 0 heterocycles. The second-order valence-corrected chi connectivity index (χ2v) is 3.58. The van der Waals surface area contributed by atoms with E-state index < -0.39 is 32.7 Å². The van der Waals surface area contributed by atoms with Gasteiger partial charge < -0.3 is 51.3 Å². The van der Waals surface area contributed by atoms with Gasteiger partial charge in [0.1, 0.15) is 18.3 Å². The van der Waals surface area contributed by atoms with Crippen LogP contribution in [0.4, 0.5) is 0 Å². The van der Waals surface area contributed by atoms with E-state index in [4.69, 9.17) is 15.3 Å². The minimum absolute atomic E-state index is 0. The van der Waals surface area contributed by atoms with Gasteiger partial charge in [-0.15, -0.1) is 0 Å². The van der Waals surface area contributed by atoms with Gasteiger partial charge in [0.05, 0.1) is 14.4 Å². The summed E-state index contributed by atoms with van der Waals surface area (Å²) in [6.45, 7) is -1.02. The maximum absolute atomic E-state index is 9.92. The van der Waals surface area contributed by atoms with E-state index in [2.05, 4.69) is 4.52 Å². The fourth-order valence-electron chi connectivity index (χ4n) is 0.574. The third-order valence-electron chi connectivity index (χ3n) is 1.29. The number of hydrogen-bond acceptors (Lipinski definition) is 10. The van der Waals surface area contributed by atoms with E-state index in [9.17, 15) is 19.1 Å². The average molecular weight is 457 g/mol. The zero-order valence-corrected chi connectivity index (χ0v) is 11.7. The van der Waals surface area contributed by atoms with Crippen molar-refractivity contribution < 1.29 is 60.1 Å². The Balaban J connectivity index is -0.000000282. The summed E-state index contributed by atoms with van der Waals surface area (Å²) in [4.78, 5) is 29.8. The molecule has 0 rings (SSSR count). The molecule has 0 aliphatic carbocycles. The van der Waals surface area contributed by atoms with E-state index in [1.807, 2.05) is 0 Å². The van der Waals surface area contributed by atoms with Crippen molar-refractivity contribution in [2.45, 2.75) is 18.3 Å². The molecule has 9 N–H and O–H groups in total. The zero-order chi connectivity index (χ0) is 11.4. The molecule has 0 aromatic heterocycles. The Hall–Kier alpha value is 0.268. The number of phosphoric acid groups is 1. The predicted octanol–water partition coefficient (Wildman–Crippen LogP) is -3.57. The minimum atomic E-state index is -5.24. The van der Waals surface area contributed by atoms with Crippen LogP contribution in [0.5, 0.6) is 0 Å². The molecule has 0 aromatic carbocycles. The normalized spacial score (nSPS) is 15.4. The quantitative estimate of drug-likeness (QED) is 0.195. The number of hydrogen-bond donors (Lipinski definition) is 5. The standard InChI is InChI=1S/C5H11O8P.2H3N.Pt/c6-1-3(7)5(9)4(8)2-13-14(10,11)12;;;/h1,3-5,7-9H,2H2,(H2,10,11,12);2*1H3;/q;;;+2/p-2/t3-,4+,5-;;;/m0.../s1. The number of phosphoric ester groups is 1. The molecule has 108 valence electrons. The van der Waals surface area contributed by atoms with Crippen molar-refractivity contribution >= 4 is 14.1 Å². The molecule has 0 amide bonds. The van der Waals surface area contributed by atoms with Crippen molar-refractivity contribution in [1.82, 2.24) is 12.3 Å². The van der Waals surface area contributed by atoms with Gasteiger partial charge in [-0.3, -0.25) is 0 Å². The van der Waals surface area contributed by atoms with E-state index in [1.165, 1.54) is 0 Å². The molecule has 3 atom stereocenters. The summed E-state index contributed by atoms with van der Waals surface area (Å²) >= 11 is 0. The summed E-state index contributed by atoms with van der Waals surface area (Å²) in [7, 11) is -5.24. The van der Waals surface area contributed by atoms with Gasteiger partial charge in [0, 0.05) is 0 Å². The van der Waals surface area contributed by atoms with Crippen molar-refractivity contribution in [2.75, 3.05) is 6.61 Å². The summed E-state index contributed by atoms with van der Waals surface area (Å²) in [6.07, 6.45) is -5.67. The maximum atomic E-state index is 9.92. The second-order valence-electron chi connectivity index (χ2n) is 2.43. The molecular weight excluding hydrogens is 442 g/mol. The molecule has 0 aliphatic rings. The third-order valence-corrected chi connectivity index (χ3v) is 1.75. The van der Waals surface area contributed by atoms with E-state index in [1.54, 1.807) is 0 Å². The van der Waals surface area contributed by atoms with Crippen LogP contribution in [0.1, 0.15) is 0 Å². The molecule has 0 aromatic rings. The molecule has 0 radical (unpaired) electrons. The first kappa shape index (κ1) is 26.0. The molecule has 17 heavy (non-hydrogen) atoms. The Morgan fingerprint density at radius 2 is 1.65 bits per heavy atom. The molecule has 0 saturated heterocycles. The number of carbonyl (C=O) groups is 1. The first-order valence-corrected chi connectivity index (χ1v) is 4.90. The Kier molecular flexibility index (Phi) is 17.4. The second kappa shape index (κ2) is 11.4. The van der Waals surface area contributed by atoms with Gasteiger partial charge in [-0.25, -0.2) is 0 Å². The molecular formula is C5H15N2O8PPt. The van der Waals surface area contributed by atoms with E-state index in [0.717, 1.165) is 0 Å². The van der Waals surface area contributed by atoms with Crippen molar-refractivity contribution in [2.24, 2.45) is 0 Å². The third kappa shape index (κ3) is 12.5. The zero-order valence-electron chi connectivity index (χ0n) is 8.58. The van der Waals surface area contributed by atoms with Crippen molar-refractivity contribution in [1.29, 1.82) is 0 Å². The van der Waals surface area contributed by atoms with Crippen molar-refractivity contribution in [3.63, 3.8) is 0 Å². The molecule has 0 unspecified atom stereocenters. The first-order chi connectivity index (χ1) is 6.28. The molecule has 0 fully saturated rings. The van der Waals surface area contributed by atoms with E-state index >= 15 is 0 Å². The molecule has 0 saturated carbocycles. The fourth-order valence-corrected chi connectivity index (χ4v) is 0.910. The summed E-state index contributed by atoms with van der Waals surface area (Å²) in [5, 5.41) is 26.4. The molecule has 12 heteroatoms. The summed E-state index contributed by atoms with van der Waals surface area (Å²) in [6, 6.07) is 0. The largest absolute Gasteiger partial charge is 2.00 e. The smallest absolute Gasteiger partial charge is 0.790 e. The summed E-state index contributed by atoms with van der Waals surface area (Å²) in [5.41, 5.74) is 0. The number of aliphatic hydroxyl groups excluding tert-OH is 3. The van der Waals surface area contributed by atoms with Crippen LogP contribution in [0.15, 0.2) is 0 Å². The Bertz CT molecular complexity index is 238. The summed E-state index contributed by atoms with van der Waals surface area (Å²) < 4.78 is 13.5. The number of rotatable bonds is 6. The number of aldehydes is 1. The van der Waals surface area contributed by atoms with Gasteiger partial charge in [0.25, 0.3) is 0 Å². The van der Waals surface area contributed by atoms with Crippen molar-refractivity contribution in [3.8, 4) is 0 Å². The Labute approximate surface area is 112 Å². The van der Waals surface area contributed by atoms with Crippen molar-refractivity contribution in [3.05, 3.63) is 0 Å². The van der Waals surface area contributed by atoms with Crippen LogP contribution in [-0.4, -0.2) is 46.5 Å². The molecule has 0 spiro atoms. The van der Waals surface area contributed by atoms with Gasteiger partial charge in [-0.05, 0) is 0 Å². The van der Waals surface area contributed by atoms with Crippen LogP contribution in [0, 0.1) is 0 Å². The average Bonchev–Trinajstić information content (AvgIpc) is 2.10. The number of carbonyl (C=O) groups excluding carboxylic acids is 1. The van der Waals surface area contributed by atoms with Gasteiger partial charge in [-0.1, -0.05) is 0 Å². The van der Waals surface area contributed by atoms with E-state index in [-0.39, 0.29) is 39.7 Å². The molecule has 0 bridgehead atoms. The predicted molar refractivity (Wildman–Crippen MR) is 47.7 cm³/mol.